The number of hydrogen-bond acceptors (Lipinski definition) is 4. The van der Waals surface area contributed by atoms with Crippen LogP contribution in [-0.2, 0) is 0 Å². The number of fused-ring (bicyclic) bond motifs is 4. The largest absolute Gasteiger partial charge is 0.456 e. The Hall–Kier alpha value is -4.83. The predicted octanol–water partition coefficient (Wildman–Crippen LogP) is 8.86. The van der Waals surface area contributed by atoms with E-state index in [1.807, 2.05) is 66.7 Å². The SMILES string of the molecule is c1ccc(N(c2ccccc2)c2cccc3oc4cccc(-c5nc6ccccc6o5)c4c23)cc1. The molecule has 2 aromatic heterocycles. The van der Waals surface area contributed by atoms with Crippen LogP contribution in [0.5, 0.6) is 0 Å². The van der Waals surface area contributed by atoms with Gasteiger partial charge in [0.2, 0.25) is 5.89 Å². The number of rotatable bonds is 4. The molecule has 0 amide bonds. The van der Waals surface area contributed by atoms with Crippen molar-refractivity contribution in [3.8, 4) is 11.5 Å². The van der Waals surface area contributed by atoms with Crippen LogP contribution in [0.25, 0.3) is 44.5 Å². The van der Waals surface area contributed by atoms with Gasteiger partial charge in [-0.3, -0.25) is 0 Å². The molecule has 0 fully saturated rings. The maximum atomic E-state index is 6.36. The van der Waals surface area contributed by atoms with Gasteiger partial charge in [-0.15, -0.1) is 0 Å². The van der Waals surface area contributed by atoms with E-state index in [1.54, 1.807) is 0 Å². The summed E-state index contributed by atoms with van der Waals surface area (Å²) in [6, 6.07) is 40.9. The normalized spacial score (nSPS) is 11.4. The van der Waals surface area contributed by atoms with Crippen LogP contribution in [0.4, 0.5) is 17.1 Å². The van der Waals surface area contributed by atoms with Gasteiger partial charge in [0, 0.05) is 22.3 Å². The smallest absolute Gasteiger partial charge is 0.228 e. The summed E-state index contributed by atoms with van der Waals surface area (Å²) < 4.78 is 12.5. The standard InChI is InChI=1S/C31H20N2O2/c1-3-11-21(12-4-1)33(22-13-5-2-6-14-22)25-17-10-20-28-30(25)29-23(15-9-19-27(29)34-28)31-32-24-16-7-8-18-26(24)35-31/h1-20H. The lowest BCUT2D eigenvalue weighted by Gasteiger charge is -2.26. The minimum Gasteiger partial charge on any atom is -0.456 e. The second-order valence-electron chi connectivity index (χ2n) is 8.42. The number of nitrogens with zero attached hydrogens (tertiary/aromatic N) is 2. The van der Waals surface area contributed by atoms with Gasteiger partial charge in [-0.1, -0.05) is 60.7 Å². The molecule has 2 heterocycles. The van der Waals surface area contributed by atoms with E-state index in [9.17, 15) is 0 Å². The fourth-order valence-corrected chi connectivity index (χ4v) is 4.78. The van der Waals surface area contributed by atoms with Crippen LogP contribution >= 0.6 is 0 Å². The number of para-hydroxylation sites is 4. The minimum atomic E-state index is 0.584. The third kappa shape index (κ3) is 3.19. The number of hydrogen-bond donors (Lipinski definition) is 0. The average molecular weight is 453 g/mol. The lowest BCUT2D eigenvalue weighted by Crippen LogP contribution is -2.10. The van der Waals surface area contributed by atoms with Crippen molar-refractivity contribution in [2.75, 3.05) is 4.90 Å². The number of furan rings is 1. The zero-order valence-corrected chi connectivity index (χ0v) is 18.8. The lowest BCUT2D eigenvalue weighted by atomic mass is 10.0. The van der Waals surface area contributed by atoms with Gasteiger partial charge < -0.3 is 13.7 Å². The average Bonchev–Trinajstić information content (AvgIpc) is 3.52. The first-order valence-electron chi connectivity index (χ1n) is 11.6. The van der Waals surface area contributed by atoms with Gasteiger partial charge in [0.1, 0.15) is 16.7 Å². The molecule has 166 valence electrons. The van der Waals surface area contributed by atoms with Crippen LogP contribution in [0.1, 0.15) is 0 Å². The number of aromatic nitrogens is 1. The molecule has 0 saturated heterocycles. The molecule has 0 radical (unpaired) electrons. The Bertz CT molecular complexity index is 1730. The molecule has 35 heavy (non-hydrogen) atoms. The molecule has 0 spiro atoms. The first-order chi connectivity index (χ1) is 17.4. The van der Waals surface area contributed by atoms with E-state index in [0.29, 0.717) is 5.89 Å². The third-order valence-electron chi connectivity index (χ3n) is 6.29. The summed E-state index contributed by atoms with van der Waals surface area (Å²) in [5.74, 6) is 0.584. The van der Waals surface area contributed by atoms with Crippen LogP contribution in [0.2, 0.25) is 0 Å². The number of oxazole rings is 1. The van der Waals surface area contributed by atoms with Crippen molar-refractivity contribution in [3.63, 3.8) is 0 Å². The molecular formula is C31H20N2O2. The Kier molecular flexibility index (Phi) is 4.42. The minimum absolute atomic E-state index is 0.584. The number of benzene rings is 5. The summed E-state index contributed by atoms with van der Waals surface area (Å²) in [4.78, 5) is 7.05. The molecule has 4 heteroatoms. The monoisotopic (exact) mass is 452 g/mol. The summed E-state index contributed by atoms with van der Waals surface area (Å²) >= 11 is 0. The molecule has 0 atom stereocenters. The molecule has 0 unspecified atom stereocenters. The van der Waals surface area contributed by atoms with E-state index in [4.69, 9.17) is 13.8 Å². The Morgan fingerprint density at radius 2 is 1.09 bits per heavy atom. The van der Waals surface area contributed by atoms with Crippen LogP contribution in [0.3, 0.4) is 0 Å². The summed E-state index contributed by atoms with van der Waals surface area (Å²) in [5, 5.41) is 2.01. The summed E-state index contributed by atoms with van der Waals surface area (Å²) in [6.07, 6.45) is 0. The van der Waals surface area contributed by atoms with E-state index in [1.165, 1.54) is 0 Å². The second-order valence-corrected chi connectivity index (χ2v) is 8.42. The fraction of sp³-hybridized carbons (Fsp3) is 0. The first-order valence-corrected chi connectivity index (χ1v) is 11.6. The van der Waals surface area contributed by atoms with Crippen LogP contribution in [0, 0.1) is 0 Å². The quantitative estimate of drug-likeness (QED) is 0.267. The molecule has 0 bridgehead atoms. The molecule has 0 aliphatic rings. The van der Waals surface area contributed by atoms with Crippen molar-refractivity contribution in [1.29, 1.82) is 0 Å². The van der Waals surface area contributed by atoms with Gasteiger partial charge in [-0.05, 0) is 60.7 Å². The number of anilines is 3. The molecule has 4 nitrogen and oxygen atoms in total. The summed E-state index contributed by atoms with van der Waals surface area (Å²) in [5.41, 5.74) is 7.30. The van der Waals surface area contributed by atoms with Crippen molar-refractivity contribution in [2.45, 2.75) is 0 Å². The zero-order chi connectivity index (χ0) is 23.2. The highest BCUT2D eigenvalue weighted by molar-refractivity contribution is 6.18. The van der Waals surface area contributed by atoms with E-state index in [2.05, 4.69) is 59.5 Å². The van der Waals surface area contributed by atoms with Gasteiger partial charge in [0.05, 0.1) is 11.1 Å². The molecule has 0 aliphatic carbocycles. The summed E-state index contributed by atoms with van der Waals surface area (Å²) in [6.45, 7) is 0. The maximum absolute atomic E-state index is 6.36. The molecule has 0 aliphatic heterocycles. The van der Waals surface area contributed by atoms with E-state index in [0.717, 1.165) is 55.7 Å². The van der Waals surface area contributed by atoms with Gasteiger partial charge in [-0.2, -0.15) is 0 Å². The Morgan fingerprint density at radius 1 is 0.486 bits per heavy atom. The van der Waals surface area contributed by atoms with Gasteiger partial charge in [0.15, 0.2) is 5.58 Å². The van der Waals surface area contributed by atoms with Crippen molar-refractivity contribution in [2.24, 2.45) is 0 Å². The fourth-order valence-electron chi connectivity index (χ4n) is 4.78. The Balaban J connectivity index is 1.56. The van der Waals surface area contributed by atoms with Gasteiger partial charge in [0.25, 0.3) is 0 Å². The van der Waals surface area contributed by atoms with E-state index >= 15 is 0 Å². The zero-order valence-electron chi connectivity index (χ0n) is 18.8. The highest BCUT2D eigenvalue weighted by Gasteiger charge is 2.22. The van der Waals surface area contributed by atoms with Gasteiger partial charge in [-0.25, -0.2) is 4.98 Å². The highest BCUT2D eigenvalue weighted by atomic mass is 16.3. The molecule has 7 aromatic rings. The Morgan fingerprint density at radius 3 is 1.80 bits per heavy atom. The summed E-state index contributed by atoms with van der Waals surface area (Å²) in [7, 11) is 0. The molecular weight excluding hydrogens is 432 g/mol. The molecule has 0 saturated carbocycles. The van der Waals surface area contributed by atoms with Crippen molar-refractivity contribution >= 4 is 50.1 Å². The van der Waals surface area contributed by atoms with Gasteiger partial charge >= 0.3 is 0 Å². The maximum Gasteiger partial charge on any atom is 0.228 e. The second kappa shape index (κ2) is 7.89. The molecule has 5 aromatic carbocycles. The van der Waals surface area contributed by atoms with Crippen LogP contribution in [0.15, 0.2) is 130 Å². The topological polar surface area (TPSA) is 42.4 Å². The van der Waals surface area contributed by atoms with Crippen LogP contribution in [-0.4, -0.2) is 4.98 Å². The molecule has 7 rings (SSSR count). The highest BCUT2D eigenvalue weighted by Crippen LogP contribution is 2.45. The Labute approximate surface area is 201 Å². The molecule has 0 N–H and O–H groups in total. The van der Waals surface area contributed by atoms with Crippen LogP contribution < -0.4 is 4.90 Å². The van der Waals surface area contributed by atoms with Crippen molar-refractivity contribution in [3.05, 3.63) is 121 Å². The first kappa shape index (κ1) is 19.6. The van der Waals surface area contributed by atoms with E-state index < -0.39 is 0 Å². The van der Waals surface area contributed by atoms with Crippen molar-refractivity contribution < 1.29 is 8.83 Å². The third-order valence-corrected chi connectivity index (χ3v) is 6.29. The van der Waals surface area contributed by atoms with E-state index in [-0.39, 0.29) is 0 Å². The predicted molar refractivity (Wildman–Crippen MR) is 141 cm³/mol. The lowest BCUT2D eigenvalue weighted by molar-refractivity contribution is 0.620. The van der Waals surface area contributed by atoms with Crippen molar-refractivity contribution in [1.82, 2.24) is 4.98 Å².